The number of hydrogen-bond acceptors (Lipinski definition) is 1. The van der Waals surface area contributed by atoms with Crippen LogP contribution in [0.4, 0.5) is 8.78 Å². The maximum absolute atomic E-state index is 13.3. The highest BCUT2D eigenvalue weighted by molar-refractivity contribution is 9.10. The molecule has 19 heavy (non-hydrogen) atoms. The first kappa shape index (κ1) is 13.5. The minimum Gasteiger partial charge on any atom is -0.296 e. The van der Waals surface area contributed by atoms with Crippen LogP contribution in [0.15, 0.2) is 22.7 Å². The number of rotatable bonds is 1. The standard InChI is InChI=1S/C15H18BrF2N/c16-12-4-5-13-11(10-12)2-1-3-14(13)19-8-6-15(17,18)7-9-19/h4-5,10,14H,1-3,6-9H2. The summed E-state index contributed by atoms with van der Waals surface area (Å²) in [7, 11) is 0. The average molecular weight is 330 g/mol. The smallest absolute Gasteiger partial charge is 0.250 e. The van der Waals surface area contributed by atoms with Gasteiger partial charge in [-0.05, 0) is 42.5 Å². The van der Waals surface area contributed by atoms with Gasteiger partial charge in [-0.15, -0.1) is 0 Å². The predicted molar refractivity (Wildman–Crippen MR) is 75.6 cm³/mol. The van der Waals surface area contributed by atoms with Gasteiger partial charge in [0.15, 0.2) is 0 Å². The van der Waals surface area contributed by atoms with E-state index in [1.807, 2.05) is 0 Å². The molecule has 0 bridgehead atoms. The van der Waals surface area contributed by atoms with Crippen molar-refractivity contribution >= 4 is 15.9 Å². The largest absolute Gasteiger partial charge is 0.296 e. The lowest BCUT2D eigenvalue weighted by molar-refractivity contribution is -0.0646. The highest BCUT2D eigenvalue weighted by atomic mass is 79.9. The SMILES string of the molecule is FC1(F)CCN(C2CCCc3cc(Br)ccc32)CC1. The Morgan fingerprint density at radius 3 is 2.68 bits per heavy atom. The van der Waals surface area contributed by atoms with Gasteiger partial charge in [-0.2, -0.15) is 0 Å². The molecule has 0 spiro atoms. The van der Waals surface area contributed by atoms with Crippen molar-refractivity contribution < 1.29 is 8.78 Å². The van der Waals surface area contributed by atoms with E-state index >= 15 is 0 Å². The molecule has 1 aromatic carbocycles. The third kappa shape index (κ3) is 2.84. The number of benzene rings is 1. The van der Waals surface area contributed by atoms with Crippen LogP contribution < -0.4 is 0 Å². The van der Waals surface area contributed by atoms with Crippen molar-refractivity contribution in [2.45, 2.75) is 44.1 Å². The fourth-order valence-electron chi connectivity index (χ4n) is 3.30. The molecule has 4 heteroatoms. The third-order valence-electron chi connectivity index (χ3n) is 4.36. The first-order chi connectivity index (χ1) is 9.05. The average Bonchev–Trinajstić information content (AvgIpc) is 2.38. The van der Waals surface area contributed by atoms with Gasteiger partial charge in [-0.1, -0.05) is 22.0 Å². The van der Waals surface area contributed by atoms with E-state index in [2.05, 4.69) is 39.0 Å². The molecule has 3 rings (SSSR count). The summed E-state index contributed by atoms with van der Waals surface area (Å²) in [5.41, 5.74) is 2.72. The summed E-state index contributed by atoms with van der Waals surface area (Å²) in [6.45, 7) is 1.04. The molecule has 0 aromatic heterocycles. The highest BCUT2D eigenvalue weighted by Crippen LogP contribution is 2.39. The Balaban J connectivity index is 1.80. The number of fused-ring (bicyclic) bond motifs is 1. The van der Waals surface area contributed by atoms with Crippen LogP contribution in [0.5, 0.6) is 0 Å². The van der Waals surface area contributed by atoms with Crippen LogP contribution in [0.2, 0.25) is 0 Å². The van der Waals surface area contributed by atoms with E-state index in [0.717, 1.165) is 23.7 Å². The summed E-state index contributed by atoms with van der Waals surface area (Å²) in [6, 6.07) is 6.75. The summed E-state index contributed by atoms with van der Waals surface area (Å²) in [6.07, 6.45) is 3.38. The van der Waals surface area contributed by atoms with Gasteiger partial charge in [-0.25, -0.2) is 8.78 Å². The number of halogens is 3. The number of likely N-dealkylation sites (tertiary alicyclic amines) is 1. The summed E-state index contributed by atoms with van der Waals surface area (Å²) < 4.78 is 27.6. The Morgan fingerprint density at radius 2 is 1.95 bits per heavy atom. The van der Waals surface area contributed by atoms with E-state index < -0.39 is 5.92 Å². The number of aryl methyl sites for hydroxylation is 1. The van der Waals surface area contributed by atoms with Gasteiger partial charge in [0.1, 0.15) is 0 Å². The van der Waals surface area contributed by atoms with E-state index in [9.17, 15) is 8.78 Å². The Labute approximate surface area is 121 Å². The summed E-state index contributed by atoms with van der Waals surface area (Å²) in [4.78, 5) is 2.25. The molecule has 104 valence electrons. The molecule has 0 amide bonds. The maximum Gasteiger partial charge on any atom is 0.250 e. The van der Waals surface area contributed by atoms with Gasteiger partial charge in [0, 0.05) is 36.4 Å². The van der Waals surface area contributed by atoms with Crippen molar-refractivity contribution in [3.63, 3.8) is 0 Å². The monoisotopic (exact) mass is 329 g/mol. The molecule has 0 saturated carbocycles. The first-order valence-electron chi connectivity index (χ1n) is 6.95. The molecule has 1 nitrogen and oxygen atoms in total. The quantitative estimate of drug-likeness (QED) is 0.730. The fourth-order valence-corrected chi connectivity index (χ4v) is 3.71. The van der Waals surface area contributed by atoms with Crippen LogP contribution in [0.3, 0.4) is 0 Å². The molecule has 1 fully saturated rings. The van der Waals surface area contributed by atoms with Crippen molar-refractivity contribution in [3.8, 4) is 0 Å². The fraction of sp³-hybridized carbons (Fsp3) is 0.600. The molecule has 0 N–H and O–H groups in total. The molecule has 1 unspecified atom stereocenters. The Morgan fingerprint density at radius 1 is 1.21 bits per heavy atom. The van der Waals surface area contributed by atoms with Gasteiger partial charge >= 0.3 is 0 Å². The van der Waals surface area contributed by atoms with E-state index in [1.54, 1.807) is 0 Å². The topological polar surface area (TPSA) is 3.24 Å². The van der Waals surface area contributed by atoms with Gasteiger partial charge in [0.2, 0.25) is 0 Å². The normalized spacial score (nSPS) is 27.0. The zero-order chi connectivity index (χ0) is 13.5. The van der Waals surface area contributed by atoms with Crippen LogP contribution >= 0.6 is 15.9 Å². The minimum absolute atomic E-state index is 0.00929. The second-order valence-corrected chi connectivity index (χ2v) is 6.56. The minimum atomic E-state index is -2.45. The molecule has 1 atom stereocenters. The van der Waals surface area contributed by atoms with E-state index in [1.165, 1.54) is 11.1 Å². The summed E-state index contributed by atoms with van der Waals surface area (Å²) >= 11 is 3.51. The Kier molecular flexibility index (Phi) is 3.65. The van der Waals surface area contributed by atoms with E-state index in [-0.39, 0.29) is 12.8 Å². The number of hydrogen-bond donors (Lipinski definition) is 0. The van der Waals surface area contributed by atoms with Crippen molar-refractivity contribution in [2.75, 3.05) is 13.1 Å². The summed E-state index contributed by atoms with van der Waals surface area (Å²) in [5, 5.41) is 0. The molecule has 1 heterocycles. The molecule has 0 radical (unpaired) electrons. The summed E-state index contributed by atoms with van der Waals surface area (Å²) in [5.74, 6) is -2.45. The van der Waals surface area contributed by atoms with Crippen LogP contribution in [0.25, 0.3) is 0 Å². The lowest BCUT2D eigenvalue weighted by atomic mass is 9.86. The second-order valence-electron chi connectivity index (χ2n) is 5.64. The van der Waals surface area contributed by atoms with Gasteiger partial charge in [0.25, 0.3) is 5.92 Å². The molecule has 2 aliphatic rings. The van der Waals surface area contributed by atoms with Gasteiger partial charge < -0.3 is 0 Å². The predicted octanol–water partition coefficient (Wildman–Crippen LogP) is 4.56. The first-order valence-corrected chi connectivity index (χ1v) is 7.75. The maximum atomic E-state index is 13.3. The van der Waals surface area contributed by atoms with Crippen LogP contribution in [0, 0.1) is 0 Å². The molecule has 1 aliphatic carbocycles. The van der Waals surface area contributed by atoms with E-state index in [0.29, 0.717) is 19.1 Å². The zero-order valence-corrected chi connectivity index (χ0v) is 12.4. The van der Waals surface area contributed by atoms with Crippen LogP contribution in [0.1, 0.15) is 42.9 Å². The second kappa shape index (κ2) is 5.13. The number of piperidine rings is 1. The molecule has 1 aromatic rings. The van der Waals surface area contributed by atoms with Crippen molar-refractivity contribution in [1.29, 1.82) is 0 Å². The number of nitrogens with zero attached hydrogens (tertiary/aromatic N) is 1. The van der Waals surface area contributed by atoms with Crippen LogP contribution in [-0.4, -0.2) is 23.9 Å². The molecular weight excluding hydrogens is 312 g/mol. The Hall–Kier alpha value is -0.480. The van der Waals surface area contributed by atoms with Gasteiger partial charge in [-0.3, -0.25) is 4.90 Å². The van der Waals surface area contributed by atoms with Crippen LogP contribution in [-0.2, 0) is 6.42 Å². The lowest BCUT2D eigenvalue weighted by Crippen LogP contribution is -2.42. The van der Waals surface area contributed by atoms with Gasteiger partial charge in [0.05, 0.1) is 0 Å². The Bertz CT molecular complexity index is 465. The third-order valence-corrected chi connectivity index (χ3v) is 4.85. The van der Waals surface area contributed by atoms with Crippen molar-refractivity contribution in [3.05, 3.63) is 33.8 Å². The zero-order valence-electron chi connectivity index (χ0n) is 10.8. The molecular formula is C15H18BrF2N. The highest BCUT2D eigenvalue weighted by Gasteiger charge is 2.37. The van der Waals surface area contributed by atoms with Crippen molar-refractivity contribution in [1.82, 2.24) is 4.90 Å². The lowest BCUT2D eigenvalue weighted by Gasteiger charge is -2.40. The molecule has 1 saturated heterocycles. The number of alkyl halides is 2. The van der Waals surface area contributed by atoms with E-state index in [4.69, 9.17) is 0 Å². The molecule has 1 aliphatic heterocycles. The van der Waals surface area contributed by atoms with Crippen molar-refractivity contribution in [2.24, 2.45) is 0 Å².